The van der Waals surface area contributed by atoms with Gasteiger partial charge in [0.25, 0.3) is 0 Å². The van der Waals surface area contributed by atoms with Crippen molar-refractivity contribution >= 4 is 11.8 Å². The molecule has 1 heterocycles. The molecule has 89 valence electrons. The summed E-state index contributed by atoms with van der Waals surface area (Å²) in [5, 5.41) is 0. The lowest BCUT2D eigenvalue weighted by Gasteiger charge is -2.30. The fourth-order valence-corrected chi connectivity index (χ4v) is 2.15. The van der Waals surface area contributed by atoms with Crippen LogP contribution in [0, 0.1) is 6.07 Å². The first-order chi connectivity index (χ1) is 8.08. The SMILES string of the molecule is CN1CC(c2c[c]cc(C(N)=O)c2)CCC1=O. The van der Waals surface area contributed by atoms with Crippen molar-refractivity contribution in [1.82, 2.24) is 4.90 Å². The summed E-state index contributed by atoms with van der Waals surface area (Å²) in [5.74, 6) is 0.00729. The number of nitrogens with zero attached hydrogens (tertiary/aromatic N) is 1. The molecular weight excluding hydrogens is 216 g/mol. The first-order valence-electron chi connectivity index (χ1n) is 5.62. The van der Waals surface area contributed by atoms with Crippen LogP contribution in [-0.2, 0) is 4.79 Å². The fourth-order valence-electron chi connectivity index (χ4n) is 2.15. The van der Waals surface area contributed by atoms with E-state index in [-0.39, 0.29) is 11.8 Å². The molecular formula is C13H15N2O2. The topological polar surface area (TPSA) is 63.4 Å². The van der Waals surface area contributed by atoms with Gasteiger partial charge in [0.1, 0.15) is 0 Å². The monoisotopic (exact) mass is 231 g/mol. The Morgan fingerprint density at radius 3 is 2.94 bits per heavy atom. The van der Waals surface area contributed by atoms with E-state index in [1.807, 2.05) is 6.07 Å². The van der Waals surface area contributed by atoms with E-state index in [1.54, 1.807) is 24.1 Å². The molecule has 1 fully saturated rings. The molecule has 1 aliphatic rings. The summed E-state index contributed by atoms with van der Waals surface area (Å²) in [7, 11) is 1.80. The second kappa shape index (κ2) is 4.57. The smallest absolute Gasteiger partial charge is 0.248 e. The number of amides is 2. The lowest BCUT2D eigenvalue weighted by atomic mass is 9.89. The van der Waals surface area contributed by atoms with Crippen LogP contribution in [0.4, 0.5) is 0 Å². The number of benzene rings is 1. The number of rotatable bonds is 2. The Morgan fingerprint density at radius 2 is 2.29 bits per heavy atom. The molecule has 1 unspecified atom stereocenters. The van der Waals surface area contributed by atoms with Crippen LogP contribution in [0.3, 0.4) is 0 Å². The van der Waals surface area contributed by atoms with Gasteiger partial charge >= 0.3 is 0 Å². The van der Waals surface area contributed by atoms with Crippen molar-refractivity contribution in [2.24, 2.45) is 5.73 Å². The number of hydrogen-bond donors (Lipinski definition) is 1. The van der Waals surface area contributed by atoms with Crippen molar-refractivity contribution in [2.75, 3.05) is 13.6 Å². The lowest BCUT2D eigenvalue weighted by Crippen LogP contribution is -2.35. The summed E-state index contributed by atoms with van der Waals surface area (Å²) in [6.07, 6.45) is 1.38. The Morgan fingerprint density at radius 1 is 1.53 bits per heavy atom. The maximum absolute atomic E-state index is 11.4. The van der Waals surface area contributed by atoms with Crippen molar-refractivity contribution in [2.45, 2.75) is 18.8 Å². The van der Waals surface area contributed by atoms with Crippen LogP contribution in [0.2, 0.25) is 0 Å². The second-order valence-corrected chi connectivity index (χ2v) is 4.43. The van der Waals surface area contributed by atoms with E-state index in [0.717, 1.165) is 12.0 Å². The van der Waals surface area contributed by atoms with Gasteiger partial charge in [-0.25, -0.2) is 0 Å². The van der Waals surface area contributed by atoms with Crippen LogP contribution in [0.15, 0.2) is 18.2 Å². The van der Waals surface area contributed by atoms with Crippen LogP contribution in [0.1, 0.15) is 34.7 Å². The van der Waals surface area contributed by atoms with E-state index < -0.39 is 5.91 Å². The first-order valence-corrected chi connectivity index (χ1v) is 5.62. The van der Waals surface area contributed by atoms with Gasteiger partial charge in [0.15, 0.2) is 0 Å². The van der Waals surface area contributed by atoms with E-state index >= 15 is 0 Å². The quantitative estimate of drug-likeness (QED) is 0.822. The molecule has 17 heavy (non-hydrogen) atoms. The number of piperidine rings is 1. The number of primary amides is 1. The average Bonchev–Trinajstić information content (AvgIpc) is 2.33. The summed E-state index contributed by atoms with van der Waals surface area (Å²) < 4.78 is 0. The number of hydrogen-bond acceptors (Lipinski definition) is 2. The van der Waals surface area contributed by atoms with E-state index in [4.69, 9.17) is 5.73 Å². The van der Waals surface area contributed by atoms with Gasteiger partial charge in [-0.2, -0.15) is 0 Å². The minimum Gasteiger partial charge on any atom is -0.366 e. The maximum atomic E-state index is 11.4. The molecule has 0 saturated carbocycles. The molecule has 1 aromatic rings. The summed E-state index contributed by atoms with van der Waals surface area (Å²) in [5.41, 5.74) is 6.74. The molecule has 1 radical (unpaired) electrons. The summed E-state index contributed by atoms with van der Waals surface area (Å²) in [6.45, 7) is 0.689. The molecule has 1 aliphatic heterocycles. The highest BCUT2D eigenvalue weighted by molar-refractivity contribution is 5.92. The molecule has 0 aromatic heterocycles. The molecule has 0 bridgehead atoms. The molecule has 1 atom stereocenters. The van der Waals surface area contributed by atoms with Gasteiger partial charge in [-0.1, -0.05) is 6.07 Å². The summed E-state index contributed by atoms with van der Waals surface area (Å²) in [4.78, 5) is 24.2. The average molecular weight is 231 g/mol. The predicted octanol–water partition coefficient (Wildman–Crippen LogP) is 0.921. The van der Waals surface area contributed by atoms with Crippen molar-refractivity contribution in [3.63, 3.8) is 0 Å². The van der Waals surface area contributed by atoms with Crippen molar-refractivity contribution in [1.29, 1.82) is 0 Å². The van der Waals surface area contributed by atoms with Crippen LogP contribution in [-0.4, -0.2) is 30.3 Å². The predicted molar refractivity (Wildman–Crippen MR) is 63.4 cm³/mol. The number of carbonyl (C=O) groups is 2. The van der Waals surface area contributed by atoms with E-state index in [9.17, 15) is 9.59 Å². The van der Waals surface area contributed by atoms with Gasteiger partial charge < -0.3 is 10.6 Å². The summed E-state index contributed by atoms with van der Waals surface area (Å²) in [6, 6.07) is 8.18. The molecule has 2 N–H and O–H groups in total. The molecule has 0 spiro atoms. The Balaban J connectivity index is 2.20. The van der Waals surface area contributed by atoms with Crippen LogP contribution in [0.5, 0.6) is 0 Å². The van der Waals surface area contributed by atoms with Gasteiger partial charge in [0.2, 0.25) is 11.8 Å². The van der Waals surface area contributed by atoms with E-state index in [1.165, 1.54) is 0 Å². The van der Waals surface area contributed by atoms with Gasteiger partial charge in [-0.15, -0.1) is 0 Å². The molecule has 1 saturated heterocycles. The molecule has 1 aromatic carbocycles. The third-order valence-corrected chi connectivity index (χ3v) is 3.19. The highest BCUT2D eigenvalue weighted by atomic mass is 16.2. The molecule has 2 rings (SSSR count). The summed E-state index contributed by atoms with van der Waals surface area (Å²) >= 11 is 0. The number of nitrogens with two attached hydrogens (primary N) is 1. The second-order valence-electron chi connectivity index (χ2n) is 4.43. The van der Waals surface area contributed by atoms with Gasteiger partial charge in [-0.3, -0.25) is 9.59 Å². The fraction of sp³-hybridized carbons (Fsp3) is 0.385. The standard InChI is InChI=1S/C13H15N2O2/c1-15-8-11(5-6-12(15)16)9-3-2-4-10(7-9)13(14)17/h3-4,7,11H,5-6,8H2,1H3,(H2,14,17). The lowest BCUT2D eigenvalue weighted by molar-refractivity contribution is -0.132. The first kappa shape index (κ1) is 11.6. The Hall–Kier alpha value is -1.84. The van der Waals surface area contributed by atoms with Crippen LogP contribution < -0.4 is 5.73 Å². The van der Waals surface area contributed by atoms with Crippen LogP contribution in [0.25, 0.3) is 0 Å². The molecule has 2 amide bonds. The van der Waals surface area contributed by atoms with Gasteiger partial charge in [0, 0.05) is 31.5 Å². The Labute approximate surface area is 100 Å². The third kappa shape index (κ3) is 2.46. The molecule has 4 heteroatoms. The van der Waals surface area contributed by atoms with Crippen molar-refractivity contribution in [3.8, 4) is 0 Å². The number of likely N-dealkylation sites (N-methyl/N-ethyl adjacent to an activating group) is 1. The molecule has 0 aliphatic carbocycles. The Bertz CT molecular complexity index is 456. The van der Waals surface area contributed by atoms with E-state index in [0.29, 0.717) is 18.5 Å². The maximum Gasteiger partial charge on any atom is 0.248 e. The highest BCUT2D eigenvalue weighted by Gasteiger charge is 2.24. The zero-order valence-corrected chi connectivity index (χ0v) is 9.77. The third-order valence-electron chi connectivity index (χ3n) is 3.19. The zero-order valence-electron chi connectivity index (χ0n) is 9.77. The van der Waals surface area contributed by atoms with Crippen LogP contribution >= 0.6 is 0 Å². The minimum atomic E-state index is -0.441. The number of carbonyl (C=O) groups excluding carboxylic acids is 2. The van der Waals surface area contributed by atoms with Gasteiger partial charge in [-0.05, 0) is 30.2 Å². The number of likely N-dealkylation sites (tertiary alicyclic amines) is 1. The zero-order chi connectivity index (χ0) is 12.4. The van der Waals surface area contributed by atoms with Crippen molar-refractivity contribution < 1.29 is 9.59 Å². The highest BCUT2D eigenvalue weighted by Crippen LogP contribution is 2.27. The largest absolute Gasteiger partial charge is 0.366 e. The Kier molecular flexibility index (Phi) is 3.13. The molecule has 4 nitrogen and oxygen atoms in total. The van der Waals surface area contributed by atoms with Crippen molar-refractivity contribution in [3.05, 3.63) is 35.4 Å². The van der Waals surface area contributed by atoms with Gasteiger partial charge in [0.05, 0.1) is 0 Å². The minimum absolute atomic E-state index is 0.177. The van der Waals surface area contributed by atoms with E-state index in [2.05, 4.69) is 6.07 Å². The normalized spacial score (nSPS) is 20.4.